The standard InChI is InChI=1S/C22H21Cl2NO3/c1-13-3-5-16-19(26)12-22(28-20(16)14(13)2)7-9-25(10-8-22)21(27)17-11-15(23)4-6-18(17)24/h3-6,11H,7-10,12H2,1-2H3. The van der Waals surface area contributed by atoms with E-state index in [1.54, 1.807) is 23.1 Å². The summed E-state index contributed by atoms with van der Waals surface area (Å²) in [7, 11) is 0. The van der Waals surface area contributed by atoms with Crippen LogP contribution in [0.15, 0.2) is 30.3 Å². The van der Waals surface area contributed by atoms with Crippen molar-refractivity contribution in [2.75, 3.05) is 13.1 Å². The van der Waals surface area contributed by atoms with Crippen molar-refractivity contribution in [3.8, 4) is 5.75 Å². The number of rotatable bonds is 1. The number of carbonyl (C=O) groups excluding carboxylic acids is 2. The van der Waals surface area contributed by atoms with Crippen LogP contribution in [0.5, 0.6) is 5.75 Å². The maximum Gasteiger partial charge on any atom is 0.255 e. The number of amides is 1. The molecule has 2 heterocycles. The average molecular weight is 418 g/mol. The minimum atomic E-state index is -0.544. The molecule has 2 aliphatic rings. The van der Waals surface area contributed by atoms with Gasteiger partial charge in [-0.3, -0.25) is 9.59 Å². The average Bonchev–Trinajstić information content (AvgIpc) is 2.67. The van der Waals surface area contributed by atoms with Gasteiger partial charge < -0.3 is 9.64 Å². The number of benzene rings is 2. The second-order valence-corrected chi connectivity index (χ2v) is 8.53. The first-order chi connectivity index (χ1) is 13.3. The van der Waals surface area contributed by atoms with Crippen molar-refractivity contribution in [3.63, 3.8) is 0 Å². The van der Waals surface area contributed by atoms with Gasteiger partial charge in [0.05, 0.1) is 22.6 Å². The molecule has 1 amide bonds. The zero-order valence-corrected chi connectivity index (χ0v) is 17.4. The van der Waals surface area contributed by atoms with Crippen LogP contribution in [-0.4, -0.2) is 35.3 Å². The molecule has 0 unspecified atom stereocenters. The van der Waals surface area contributed by atoms with Gasteiger partial charge in [0.25, 0.3) is 5.91 Å². The van der Waals surface area contributed by atoms with Crippen LogP contribution < -0.4 is 4.74 Å². The normalized spacial score (nSPS) is 18.0. The Morgan fingerprint density at radius 3 is 2.54 bits per heavy atom. The van der Waals surface area contributed by atoms with E-state index in [0.717, 1.165) is 11.1 Å². The number of hydrogen-bond acceptors (Lipinski definition) is 3. The van der Waals surface area contributed by atoms with Gasteiger partial charge in [0.1, 0.15) is 11.4 Å². The van der Waals surface area contributed by atoms with Gasteiger partial charge in [0, 0.05) is 31.0 Å². The SMILES string of the molecule is Cc1ccc2c(c1C)OC1(CCN(C(=O)c3cc(Cl)ccc3Cl)CC1)CC2=O. The van der Waals surface area contributed by atoms with Gasteiger partial charge in [0.15, 0.2) is 5.78 Å². The molecule has 0 N–H and O–H groups in total. The van der Waals surface area contributed by atoms with Crippen molar-refractivity contribution in [2.24, 2.45) is 0 Å². The van der Waals surface area contributed by atoms with E-state index in [-0.39, 0.29) is 11.7 Å². The Morgan fingerprint density at radius 2 is 1.82 bits per heavy atom. The molecule has 146 valence electrons. The lowest BCUT2D eigenvalue weighted by atomic mass is 9.81. The molecule has 0 aromatic heterocycles. The summed E-state index contributed by atoms with van der Waals surface area (Å²) in [6, 6.07) is 8.71. The van der Waals surface area contributed by atoms with Crippen molar-refractivity contribution in [1.29, 1.82) is 0 Å². The second kappa shape index (κ2) is 7.09. The number of hydrogen-bond donors (Lipinski definition) is 0. The summed E-state index contributed by atoms with van der Waals surface area (Å²) in [5.41, 5.74) is 2.64. The van der Waals surface area contributed by atoms with E-state index in [9.17, 15) is 9.59 Å². The van der Waals surface area contributed by atoms with E-state index >= 15 is 0 Å². The third kappa shape index (κ3) is 3.29. The molecule has 0 saturated carbocycles. The Bertz CT molecular complexity index is 978. The third-order valence-electron chi connectivity index (χ3n) is 5.90. The van der Waals surface area contributed by atoms with E-state index in [1.165, 1.54) is 0 Å². The fourth-order valence-corrected chi connectivity index (χ4v) is 4.38. The molecule has 2 aromatic carbocycles. The number of aryl methyl sites for hydroxylation is 1. The Morgan fingerprint density at radius 1 is 1.11 bits per heavy atom. The maximum absolute atomic E-state index is 12.9. The van der Waals surface area contributed by atoms with Crippen LogP contribution in [0.4, 0.5) is 0 Å². The lowest BCUT2D eigenvalue weighted by molar-refractivity contribution is -0.00619. The molecule has 1 spiro atoms. The number of Topliss-reactive ketones (excluding diaryl/α,β-unsaturated/α-hetero) is 1. The van der Waals surface area contributed by atoms with Gasteiger partial charge in [-0.05, 0) is 49.2 Å². The summed E-state index contributed by atoms with van der Waals surface area (Å²) < 4.78 is 6.41. The first-order valence-corrected chi connectivity index (χ1v) is 10.1. The molecule has 0 aliphatic carbocycles. The number of ether oxygens (including phenoxy) is 1. The van der Waals surface area contributed by atoms with Crippen LogP contribution >= 0.6 is 23.2 Å². The smallest absolute Gasteiger partial charge is 0.255 e. The van der Waals surface area contributed by atoms with E-state index in [4.69, 9.17) is 27.9 Å². The monoisotopic (exact) mass is 417 g/mol. The lowest BCUT2D eigenvalue weighted by Gasteiger charge is -2.44. The Hall–Kier alpha value is -2.04. The minimum Gasteiger partial charge on any atom is -0.486 e. The van der Waals surface area contributed by atoms with Crippen molar-refractivity contribution in [1.82, 2.24) is 4.90 Å². The number of likely N-dealkylation sites (tertiary alicyclic amines) is 1. The van der Waals surface area contributed by atoms with E-state index in [1.807, 2.05) is 26.0 Å². The van der Waals surface area contributed by atoms with Crippen molar-refractivity contribution in [2.45, 2.75) is 38.7 Å². The molecule has 0 atom stereocenters. The summed E-state index contributed by atoms with van der Waals surface area (Å²) in [5, 5.41) is 0.865. The molecule has 2 aromatic rings. The maximum atomic E-state index is 12.9. The molecule has 0 bridgehead atoms. The van der Waals surface area contributed by atoms with Crippen LogP contribution in [0.3, 0.4) is 0 Å². The van der Waals surface area contributed by atoms with E-state index in [0.29, 0.717) is 59.3 Å². The first-order valence-electron chi connectivity index (χ1n) is 9.36. The molecule has 6 heteroatoms. The van der Waals surface area contributed by atoms with Crippen molar-refractivity contribution in [3.05, 3.63) is 62.6 Å². The molecule has 2 aliphatic heterocycles. The van der Waals surface area contributed by atoms with Gasteiger partial charge in [-0.15, -0.1) is 0 Å². The van der Waals surface area contributed by atoms with E-state index < -0.39 is 5.60 Å². The minimum absolute atomic E-state index is 0.113. The quantitative estimate of drug-likeness (QED) is 0.636. The summed E-state index contributed by atoms with van der Waals surface area (Å²) >= 11 is 12.2. The van der Waals surface area contributed by atoms with Crippen LogP contribution in [0.1, 0.15) is 51.1 Å². The molecular formula is C22H21Cl2NO3. The lowest BCUT2D eigenvalue weighted by Crippen LogP contribution is -2.52. The summed E-state index contributed by atoms with van der Waals surface area (Å²) in [6.07, 6.45) is 1.56. The summed E-state index contributed by atoms with van der Waals surface area (Å²) in [5.74, 6) is 0.674. The van der Waals surface area contributed by atoms with Crippen LogP contribution in [0.25, 0.3) is 0 Å². The predicted molar refractivity (Wildman–Crippen MR) is 110 cm³/mol. The van der Waals surface area contributed by atoms with Crippen LogP contribution in [0.2, 0.25) is 10.0 Å². The van der Waals surface area contributed by atoms with Crippen molar-refractivity contribution < 1.29 is 14.3 Å². The fourth-order valence-electron chi connectivity index (χ4n) is 4.01. The molecule has 0 radical (unpaired) electrons. The van der Waals surface area contributed by atoms with Crippen LogP contribution in [-0.2, 0) is 0 Å². The molecule has 28 heavy (non-hydrogen) atoms. The molecule has 4 nitrogen and oxygen atoms in total. The van der Waals surface area contributed by atoms with Gasteiger partial charge >= 0.3 is 0 Å². The summed E-state index contributed by atoms with van der Waals surface area (Å²) in [6.45, 7) is 5.02. The van der Waals surface area contributed by atoms with Gasteiger partial charge in [-0.1, -0.05) is 29.3 Å². The number of piperidine rings is 1. The summed E-state index contributed by atoms with van der Waals surface area (Å²) in [4.78, 5) is 27.4. The molecule has 1 fully saturated rings. The van der Waals surface area contributed by atoms with Gasteiger partial charge in [-0.2, -0.15) is 0 Å². The number of carbonyl (C=O) groups is 2. The van der Waals surface area contributed by atoms with Gasteiger partial charge in [-0.25, -0.2) is 0 Å². The fraction of sp³-hybridized carbons (Fsp3) is 0.364. The highest BCUT2D eigenvalue weighted by Crippen LogP contribution is 2.42. The highest BCUT2D eigenvalue weighted by molar-refractivity contribution is 6.35. The zero-order chi connectivity index (χ0) is 20.1. The molecule has 1 saturated heterocycles. The topological polar surface area (TPSA) is 46.6 Å². The molecule has 4 rings (SSSR count). The second-order valence-electron chi connectivity index (χ2n) is 7.69. The number of nitrogens with zero attached hydrogens (tertiary/aromatic N) is 1. The highest BCUT2D eigenvalue weighted by atomic mass is 35.5. The zero-order valence-electron chi connectivity index (χ0n) is 15.9. The van der Waals surface area contributed by atoms with E-state index in [2.05, 4.69) is 0 Å². The Kier molecular flexibility index (Phi) is 4.88. The number of fused-ring (bicyclic) bond motifs is 1. The predicted octanol–water partition coefficient (Wildman–Crippen LogP) is 5.25. The third-order valence-corrected chi connectivity index (χ3v) is 6.46. The highest BCUT2D eigenvalue weighted by Gasteiger charge is 2.44. The molecular weight excluding hydrogens is 397 g/mol. The van der Waals surface area contributed by atoms with Gasteiger partial charge in [0.2, 0.25) is 0 Å². The Labute approximate surface area is 174 Å². The Balaban J connectivity index is 1.54. The van der Waals surface area contributed by atoms with Crippen molar-refractivity contribution >= 4 is 34.9 Å². The largest absolute Gasteiger partial charge is 0.486 e. The number of halogens is 2. The number of ketones is 1. The first kappa shape index (κ1) is 19.3. The van der Waals surface area contributed by atoms with Crippen LogP contribution in [0, 0.1) is 13.8 Å².